The van der Waals surface area contributed by atoms with Crippen molar-refractivity contribution >= 4 is 23.2 Å². The Labute approximate surface area is 149 Å². The third-order valence-corrected chi connectivity index (χ3v) is 4.92. The third kappa shape index (κ3) is 4.30. The largest absolute Gasteiger partial charge is 0.486 e. The first kappa shape index (κ1) is 17.3. The highest BCUT2D eigenvalue weighted by molar-refractivity contribution is 7.17. The summed E-state index contributed by atoms with van der Waals surface area (Å²) in [6.45, 7) is 3.21. The molecule has 1 aromatic carbocycles. The van der Waals surface area contributed by atoms with Crippen LogP contribution in [0.15, 0.2) is 30.3 Å². The molecule has 0 fully saturated rings. The van der Waals surface area contributed by atoms with E-state index in [2.05, 4.69) is 5.32 Å². The quantitative estimate of drug-likeness (QED) is 0.826. The van der Waals surface area contributed by atoms with Crippen LogP contribution in [0.5, 0.6) is 11.5 Å². The number of hydrogen-bond acceptors (Lipinski definition) is 5. The molecule has 0 radical (unpaired) electrons. The Morgan fingerprint density at radius 1 is 1.20 bits per heavy atom. The van der Waals surface area contributed by atoms with Gasteiger partial charge in [0.25, 0.3) is 5.91 Å². The Bertz CT molecular complexity index is 786. The van der Waals surface area contributed by atoms with E-state index in [0.717, 1.165) is 16.2 Å². The molecular weight excluding hydrogens is 342 g/mol. The molecule has 0 spiro atoms. The van der Waals surface area contributed by atoms with Gasteiger partial charge in [0.05, 0.1) is 4.88 Å². The number of amides is 1. The van der Waals surface area contributed by atoms with Gasteiger partial charge in [0.2, 0.25) is 0 Å². The standard InChI is InChI=1S/C18H19NO5S/c1-11(8-17(20)21)10-19-18(22)16-5-4-15(25-16)12-2-3-13-14(9-12)24-7-6-23-13/h2-5,9,11H,6-8,10H2,1H3,(H,19,22)(H,20,21). The Kier molecular flexibility index (Phi) is 5.23. The van der Waals surface area contributed by atoms with Gasteiger partial charge < -0.3 is 19.9 Å². The monoisotopic (exact) mass is 361 g/mol. The van der Waals surface area contributed by atoms with E-state index in [0.29, 0.717) is 30.4 Å². The molecule has 0 saturated carbocycles. The van der Waals surface area contributed by atoms with Gasteiger partial charge in [-0.05, 0) is 41.8 Å². The molecule has 0 bridgehead atoms. The highest BCUT2D eigenvalue weighted by Crippen LogP contribution is 2.36. The molecule has 3 rings (SSSR count). The number of nitrogens with one attached hydrogen (secondary N) is 1. The summed E-state index contributed by atoms with van der Waals surface area (Å²) in [5, 5.41) is 11.5. The Balaban J connectivity index is 1.66. The molecule has 1 atom stereocenters. The second-order valence-corrected chi connectivity index (χ2v) is 7.02. The van der Waals surface area contributed by atoms with Crippen molar-refractivity contribution in [2.24, 2.45) is 5.92 Å². The van der Waals surface area contributed by atoms with Crippen LogP contribution in [0.2, 0.25) is 0 Å². The van der Waals surface area contributed by atoms with Crippen LogP contribution in [0, 0.1) is 5.92 Å². The average Bonchev–Trinajstić information content (AvgIpc) is 3.09. The summed E-state index contributed by atoms with van der Waals surface area (Å²) in [6, 6.07) is 9.39. The van der Waals surface area contributed by atoms with Crippen LogP contribution in [0.3, 0.4) is 0 Å². The molecule has 132 valence electrons. The summed E-state index contributed by atoms with van der Waals surface area (Å²) in [7, 11) is 0. The maximum absolute atomic E-state index is 12.2. The second kappa shape index (κ2) is 7.57. The number of carbonyl (C=O) groups excluding carboxylic acids is 1. The SMILES string of the molecule is CC(CNC(=O)c1ccc(-c2ccc3c(c2)OCCO3)s1)CC(=O)O. The molecule has 0 aliphatic carbocycles. The molecule has 2 heterocycles. The molecule has 1 aliphatic heterocycles. The van der Waals surface area contributed by atoms with Crippen LogP contribution in [0.4, 0.5) is 0 Å². The van der Waals surface area contributed by atoms with Crippen molar-refractivity contribution in [1.29, 1.82) is 0 Å². The zero-order chi connectivity index (χ0) is 17.8. The fourth-order valence-corrected chi connectivity index (χ4v) is 3.45. The summed E-state index contributed by atoms with van der Waals surface area (Å²) < 4.78 is 11.1. The van der Waals surface area contributed by atoms with E-state index in [-0.39, 0.29) is 18.2 Å². The van der Waals surface area contributed by atoms with Gasteiger partial charge in [-0.25, -0.2) is 0 Å². The number of carbonyl (C=O) groups is 2. The number of thiophene rings is 1. The maximum atomic E-state index is 12.2. The van der Waals surface area contributed by atoms with Crippen molar-refractivity contribution in [3.05, 3.63) is 35.2 Å². The normalized spacial score (nSPS) is 14.0. The minimum Gasteiger partial charge on any atom is -0.486 e. The summed E-state index contributed by atoms with van der Waals surface area (Å²) in [5.41, 5.74) is 0.965. The van der Waals surface area contributed by atoms with E-state index in [1.54, 1.807) is 13.0 Å². The Morgan fingerprint density at radius 2 is 1.96 bits per heavy atom. The van der Waals surface area contributed by atoms with Gasteiger partial charge in [0.1, 0.15) is 13.2 Å². The number of rotatable bonds is 6. The van der Waals surface area contributed by atoms with Crippen molar-refractivity contribution in [2.75, 3.05) is 19.8 Å². The van der Waals surface area contributed by atoms with Gasteiger partial charge in [-0.15, -0.1) is 11.3 Å². The lowest BCUT2D eigenvalue weighted by Crippen LogP contribution is -2.28. The molecule has 1 aromatic heterocycles. The fraction of sp³-hybridized carbons (Fsp3) is 0.333. The average molecular weight is 361 g/mol. The molecule has 2 aromatic rings. The molecule has 2 N–H and O–H groups in total. The smallest absolute Gasteiger partial charge is 0.303 e. The van der Waals surface area contributed by atoms with E-state index in [1.807, 2.05) is 24.3 Å². The van der Waals surface area contributed by atoms with Crippen LogP contribution >= 0.6 is 11.3 Å². The van der Waals surface area contributed by atoms with E-state index in [4.69, 9.17) is 14.6 Å². The van der Waals surface area contributed by atoms with E-state index >= 15 is 0 Å². The highest BCUT2D eigenvalue weighted by Gasteiger charge is 2.16. The molecule has 7 heteroatoms. The summed E-state index contributed by atoms with van der Waals surface area (Å²) in [6.07, 6.45) is 0.0349. The highest BCUT2D eigenvalue weighted by atomic mass is 32.1. The van der Waals surface area contributed by atoms with Crippen molar-refractivity contribution in [3.8, 4) is 21.9 Å². The zero-order valence-corrected chi connectivity index (χ0v) is 14.6. The Hall–Kier alpha value is -2.54. The van der Waals surface area contributed by atoms with Crippen LogP contribution < -0.4 is 14.8 Å². The molecule has 0 saturated heterocycles. The topological polar surface area (TPSA) is 84.9 Å². The molecule has 1 aliphatic rings. The van der Waals surface area contributed by atoms with E-state index < -0.39 is 5.97 Å². The third-order valence-electron chi connectivity index (χ3n) is 3.79. The van der Waals surface area contributed by atoms with E-state index in [1.165, 1.54) is 11.3 Å². The van der Waals surface area contributed by atoms with Gasteiger partial charge in [0.15, 0.2) is 11.5 Å². The maximum Gasteiger partial charge on any atom is 0.303 e. The van der Waals surface area contributed by atoms with Gasteiger partial charge >= 0.3 is 5.97 Å². The van der Waals surface area contributed by atoms with Gasteiger partial charge in [0, 0.05) is 17.8 Å². The minimum absolute atomic E-state index is 0.0349. The number of ether oxygens (including phenoxy) is 2. The van der Waals surface area contributed by atoms with Gasteiger partial charge in [-0.3, -0.25) is 9.59 Å². The predicted molar refractivity (Wildman–Crippen MR) is 94.5 cm³/mol. The summed E-state index contributed by atoms with van der Waals surface area (Å²) >= 11 is 1.39. The lowest BCUT2D eigenvalue weighted by molar-refractivity contribution is -0.137. The lowest BCUT2D eigenvalue weighted by Gasteiger charge is -2.18. The van der Waals surface area contributed by atoms with Gasteiger partial charge in [-0.1, -0.05) is 6.92 Å². The van der Waals surface area contributed by atoms with Gasteiger partial charge in [-0.2, -0.15) is 0 Å². The lowest BCUT2D eigenvalue weighted by atomic mass is 10.1. The zero-order valence-electron chi connectivity index (χ0n) is 13.8. The number of carboxylic acid groups (broad SMARTS) is 1. The predicted octanol–water partition coefficient (Wildman–Crippen LogP) is 3.03. The Morgan fingerprint density at radius 3 is 2.72 bits per heavy atom. The summed E-state index contributed by atoms with van der Waals surface area (Å²) in [5.74, 6) is 0.283. The fourth-order valence-electron chi connectivity index (χ4n) is 2.54. The molecule has 6 nitrogen and oxygen atoms in total. The van der Waals surface area contributed by atoms with Crippen LogP contribution in [-0.2, 0) is 4.79 Å². The van der Waals surface area contributed by atoms with Crippen molar-refractivity contribution in [3.63, 3.8) is 0 Å². The number of carboxylic acids is 1. The minimum atomic E-state index is -0.862. The first-order chi connectivity index (χ1) is 12.0. The van der Waals surface area contributed by atoms with E-state index in [9.17, 15) is 9.59 Å². The first-order valence-electron chi connectivity index (χ1n) is 8.03. The molecular formula is C18H19NO5S. The summed E-state index contributed by atoms with van der Waals surface area (Å²) in [4.78, 5) is 24.4. The van der Waals surface area contributed by atoms with Crippen molar-refractivity contribution in [1.82, 2.24) is 5.32 Å². The van der Waals surface area contributed by atoms with Crippen LogP contribution in [0.1, 0.15) is 23.0 Å². The van der Waals surface area contributed by atoms with Crippen molar-refractivity contribution in [2.45, 2.75) is 13.3 Å². The van der Waals surface area contributed by atoms with Crippen LogP contribution in [0.25, 0.3) is 10.4 Å². The van der Waals surface area contributed by atoms with Crippen molar-refractivity contribution < 1.29 is 24.2 Å². The molecule has 1 amide bonds. The number of aliphatic carboxylic acids is 1. The molecule has 1 unspecified atom stereocenters. The number of benzene rings is 1. The number of fused-ring (bicyclic) bond motifs is 1. The molecule has 25 heavy (non-hydrogen) atoms. The van der Waals surface area contributed by atoms with Crippen LogP contribution in [-0.4, -0.2) is 36.7 Å². The second-order valence-electron chi connectivity index (χ2n) is 5.94. The number of hydrogen-bond donors (Lipinski definition) is 2. The first-order valence-corrected chi connectivity index (χ1v) is 8.84.